The van der Waals surface area contributed by atoms with Gasteiger partial charge in [0, 0.05) is 28.7 Å². The average Bonchev–Trinajstić information content (AvgIpc) is 3.19. The number of carbonyl (C=O) groups is 1. The van der Waals surface area contributed by atoms with Crippen LogP contribution >= 0.6 is 0 Å². The maximum absolute atomic E-state index is 11.5. The highest BCUT2D eigenvalue weighted by Gasteiger charge is 2.14. The number of nitrogens with zero attached hydrogens (tertiary/aromatic N) is 5. The van der Waals surface area contributed by atoms with Gasteiger partial charge in [-0.3, -0.25) is 0 Å². The maximum Gasteiger partial charge on any atom is 0.377 e. The number of fused-ring (bicyclic) bond motifs is 1. The highest BCUT2D eigenvalue weighted by molar-refractivity contribution is 6.00. The summed E-state index contributed by atoms with van der Waals surface area (Å²) in [6.45, 7) is 4.15. The lowest BCUT2D eigenvalue weighted by atomic mass is 10.1. The van der Waals surface area contributed by atoms with E-state index in [0.29, 0.717) is 0 Å². The Balaban J connectivity index is 2.12. The van der Waals surface area contributed by atoms with Gasteiger partial charge in [-0.1, -0.05) is 5.16 Å². The van der Waals surface area contributed by atoms with Gasteiger partial charge in [0.2, 0.25) is 0 Å². The van der Waals surface area contributed by atoms with Crippen LogP contribution in [0, 0.1) is 0 Å². The normalized spacial score (nSPS) is 11.7. The molecule has 0 atom stereocenters. The molecule has 2 heterocycles. The summed E-state index contributed by atoms with van der Waals surface area (Å²) in [5.41, 5.74) is 2.53. The number of oxime groups is 1. The van der Waals surface area contributed by atoms with Gasteiger partial charge in [-0.2, -0.15) is 0 Å². The fourth-order valence-corrected chi connectivity index (χ4v) is 2.58. The molecule has 124 valence electrons. The van der Waals surface area contributed by atoms with Crippen molar-refractivity contribution >= 4 is 23.1 Å². The van der Waals surface area contributed by atoms with Crippen LogP contribution in [0.15, 0.2) is 35.9 Å². The Hall–Kier alpha value is -3.16. The monoisotopic (exact) mass is 327 g/mol. The van der Waals surface area contributed by atoms with E-state index in [1.54, 1.807) is 0 Å². The van der Waals surface area contributed by atoms with Gasteiger partial charge in [-0.15, -0.1) is 5.10 Å². The molecule has 0 amide bonds. The van der Waals surface area contributed by atoms with Crippen molar-refractivity contribution in [3.8, 4) is 5.69 Å². The number of aromatic nitrogens is 4. The van der Waals surface area contributed by atoms with E-state index in [1.165, 1.54) is 24.3 Å². The van der Waals surface area contributed by atoms with Gasteiger partial charge in [-0.25, -0.2) is 14.5 Å². The van der Waals surface area contributed by atoms with Crippen LogP contribution in [0.2, 0.25) is 0 Å². The lowest BCUT2D eigenvalue weighted by molar-refractivity contribution is 0.0587. The molecule has 0 saturated carbocycles. The summed E-state index contributed by atoms with van der Waals surface area (Å²) < 4.78 is 8.20. The third-order valence-corrected chi connectivity index (χ3v) is 3.73. The smallest absolute Gasteiger partial charge is 0.377 e. The molecule has 8 heteroatoms. The van der Waals surface area contributed by atoms with E-state index in [0.717, 1.165) is 22.2 Å². The summed E-state index contributed by atoms with van der Waals surface area (Å²) in [7, 11) is 1.28. The SMILES string of the molecule is COC(=O)c1ncn(-c2ccc3c(c2)c(C=NO)cn3C(C)C)n1. The topological polar surface area (TPSA) is 94.5 Å². The van der Waals surface area contributed by atoms with Crippen LogP contribution in [0.1, 0.15) is 36.1 Å². The molecule has 0 spiro atoms. The molecular formula is C16H17N5O3. The van der Waals surface area contributed by atoms with Crippen molar-refractivity contribution in [3.05, 3.63) is 42.1 Å². The minimum Gasteiger partial charge on any atom is -0.463 e. The molecule has 24 heavy (non-hydrogen) atoms. The second-order valence-corrected chi connectivity index (χ2v) is 5.54. The van der Waals surface area contributed by atoms with Gasteiger partial charge in [0.15, 0.2) is 0 Å². The van der Waals surface area contributed by atoms with E-state index in [-0.39, 0.29) is 11.9 Å². The zero-order valence-electron chi connectivity index (χ0n) is 13.5. The molecule has 0 aliphatic carbocycles. The van der Waals surface area contributed by atoms with E-state index < -0.39 is 5.97 Å². The fraction of sp³-hybridized carbons (Fsp3) is 0.250. The molecule has 0 bridgehead atoms. The highest BCUT2D eigenvalue weighted by Crippen LogP contribution is 2.26. The lowest BCUT2D eigenvalue weighted by Crippen LogP contribution is -2.05. The van der Waals surface area contributed by atoms with Crippen molar-refractivity contribution < 1.29 is 14.7 Å². The average molecular weight is 327 g/mol. The summed E-state index contributed by atoms with van der Waals surface area (Å²) in [5.74, 6) is -0.594. The van der Waals surface area contributed by atoms with Gasteiger partial charge in [0.25, 0.3) is 5.82 Å². The third-order valence-electron chi connectivity index (χ3n) is 3.73. The van der Waals surface area contributed by atoms with E-state index in [1.807, 2.05) is 24.4 Å². The van der Waals surface area contributed by atoms with Crippen molar-refractivity contribution in [2.24, 2.45) is 5.16 Å². The standard InChI is InChI=1S/C16H17N5O3/c1-10(2)20-8-11(7-18-23)13-6-12(4-5-14(13)20)21-9-17-15(19-21)16(22)24-3/h4-10,23H,1-3H3. The molecule has 0 aliphatic heterocycles. The number of benzene rings is 1. The number of carbonyl (C=O) groups excluding carboxylic acids is 1. The molecule has 2 aromatic heterocycles. The maximum atomic E-state index is 11.5. The highest BCUT2D eigenvalue weighted by atomic mass is 16.5. The van der Waals surface area contributed by atoms with Crippen LogP contribution in [0.3, 0.4) is 0 Å². The molecule has 1 aromatic carbocycles. The summed E-state index contributed by atoms with van der Waals surface area (Å²) in [6.07, 6.45) is 4.78. The number of rotatable bonds is 4. The van der Waals surface area contributed by atoms with E-state index in [4.69, 9.17) is 5.21 Å². The first kappa shape index (κ1) is 15.7. The van der Waals surface area contributed by atoms with E-state index >= 15 is 0 Å². The van der Waals surface area contributed by atoms with Crippen LogP contribution in [-0.4, -0.2) is 43.8 Å². The van der Waals surface area contributed by atoms with Crippen molar-refractivity contribution in [1.29, 1.82) is 0 Å². The summed E-state index contributed by atoms with van der Waals surface area (Å²) in [4.78, 5) is 15.4. The minimum absolute atomic E-state index is 0.00510. The van der Waals surface area contributed by atoms with Crippen LogP contribution in [-0.2, 0) is 4.74 Å². The second-order valence-electron chi connectivity index (χ2n) is 5.54. The van der Waals surface area contributed by atoms with Crippen LogP contribution < -0.4 is 0 Å². The number of hydrogen-bond donors (Lipinski definition) is 1. The number of esters is 1. The van der Waals surface area contributed by atoms with Crippen molar-refractivity contribution in [1.82, 2.24) is 19.3 Å². The predicted molar refractivity (Wildman–Crippen MR) is 88.0 cm³/mol. The summed E-state index contributed by atoms with van der Waals surface area (Å²) in [6, 6.07) is 6.01. The van der Waals surface area contributed by atoms with Crippen LogP contribution in [0.4, 0.5) is 0 Å². The quantitative estimate of drug-likeness (QED) is 0.344. The summed E-state index contributed by atoms with van der Waals surface area (Å²) >= 11 is 0. The van der Waals surface area contributed by atoms with E-state index in [2.05, 4.69) is 38.4 Å². The first-order valence-electron chi connectivity index (χ1n) is 7.37. The first-order chi connectivity index (χ1) is 11.5. The number of ether oxygens (including phenoxy) is 1. The van der Waals surface area contributed by atoms with E-state index in [9.17, 15) is 4.79 Å². The first-order valence-corrected chi connectivity index (χ1v) is 7.37. The molecule has 0 saturated heterocycles. The van der Waals surface area contributed by atoms with Crippen molar-refractivity contribution in [2.45, 2.75) is 19.9 Å². The number of hydrogen-bond acceptors (Lipinski definition) is 6. The molecule has 0 unspecified atom stereocenters. The number of methoxy groups -OCH3 is 1. The fourth-order valence-electron chi connectivity index (χ4n) is 2.58. The molecule has 0 fully saturated rings. The third kappa shape index (κ3) is 2.62. The largest absolute Gasteiger partial charge is 0.463 e. The second kappa shape index (κ2) is 6.15. The Labute approximate surface area is 138 Å². The molecule has 0 aliphatic rings. The van der Waals surface area contributed by atoms with Gasteiger partial charge in [0.1, 0.15) is 6.33 Å². The van der Waals surface area contributed by atoms with Crippen molar-refractivity contribution in [3.63, 3.8) is 0 Å². The Morgan fingerprint density at radius 3 is 2.88 bits per heavy atom. The molecular weight excluding hydrogens is 310 g/mol. The Morgan fingerprint density at radius 2 is 2.21 bits per heavy atom. The Kier molecular flexibility index (Phi) is 4.03. The minimum atomic E-state index is -0.589. The lowest BCUT2D eigenvalue weighted by Gasteiger charge is -2.09. The predicted octanol–water partition coefficient (Wildman–Crippen LogP) is 2.40. The molecule has 8 nitrogen and oxygen atoms in total. The molecule has 3 aromatic rings. The zero-order chi connectivity index (χ0) is 17.3. The van der Waals surface area contributed by atoms with Gasteiger partial charge >= 0.3 is 5.97 Å². The zero-order valence-corrected chi connectivity index (χ0v) is 13.5. The molecule has 3 rings (SSSR count). The van der Waals surface area contributed by atoms with Gasteiger partial charge in [0.05, 0.1) is 19.0 Å². The Morgan fingerprint density at radius 1 is 1.42 bits per heavy atom. The van der Waals surface area contributed by atoms with Gasteiger partial charge in [-0.05, 0) is 32.0 Å². The Bertz CT molecular complexity index is 923. The molecule has 1 N–H and O–H groups in total. The van der Waals surface area contributed by atoms with Gasteiger partial charge < -0.3 is 14.5 Å². The summed E-state index contributed by atoms with van der Waals surface area (Å²) in [5, 5.41) is 17.0. The van der Waals surface area contributed by atoms with Crippen LogP contribution in [0.25, 0.3) is 16.6 Å². The van der Waals surface area contributed by atoms with Crippen molar-refractivity contribution in [2.75, 3.05) is 7.11 Å². The molecule has 0 radical (unpaired) electrons. The van der Waals surface area contributed by atoms with Crippen LogP contribution in [0.5, 0.6) is 0 Å².